The summed E-state index contributed by atoms with van der Waals surface area (Å²) in [4.78, 5) is 31.4. The number of oxime groups is 1. The summed E-state index contributed by atoms with van der Waals surface area (Å²) in [6, 6.07) is 20.0. The number of unbranched alkanes of at least 4 members (excludes halogenated alkanes) is 11. The third-order valence-electron chi connectivity index (χ3n) is 14.2. The molecule has 4 N–H and O–H groups in total. The Balaban J connectivity index is 1.40. The highest BCUT2D eigenvalue weighted by atomic mass is 32.2. The number of hydrogen-bond acceptors (Lipinski definition) is 11. The highest BCUT2D eigenvalue weighted by Crippen LogP contribution is 2.62. The smallest absolute Gasteiger partial charge is 0.412 e. The molecule has 0 aromatic heterocycles. The van der Waals surface area contributed by atoms with Gasteiger partial charge < -0.3 is 39.9 Å². The number of ether oxygens (including phenoxy) is 3. The molecule has 1 saturated carbocycles. The Labute approximate surface area is 422 Å². The minimum Gasteiger partial charge on any atom is -0.460 e. The summed E-state index contributed by atoms with van der Waals surface area (Å²) in [7, 11) is -2.76. The normalized spacial score (nSPS) is 21.9. The van der Waals surface area contributed by atoms with Crippen molar-refractivity contribution in [2.75, 3.05) is 38.7 Å². The minimum atomic E-state index is -4.28. The van der Waals surface area contributed by atoms with E-state index in [1.807, 2.05) is 36.4 Å². The van der Waals surface area contributed by atoms with Crippen LogP contribution in [0.3, 0.4) is 0 Å². The molecule has 0 saturated heterocycles. The molecule has 0 radical (unpaired) electrons. The molecule has 6 rings (SSSR count). The number of nitrogens with zero attached hydrogens (tertiary/aromatic N) is 2. The highest BCUT2D eigenvalue weighted by molar-refractivity contribution is 7.89. The number of carbonyl (C=O) groups excluding carboxylic acids is 2. The van der Waals surface area contributed by atoms with Crippen LogP contribution in [0.1, 0.15) is 140 Å². The number of anilines is 1. The van der Waals surface area contributed by atoms with E-state index < -0.39 is 39.8 Å². The fourth-order valence-corrected chi connectivity index (χ4v) is 12.1. The van der Waals surface area contributed by atoms with Gasteiger partial charge in [0.05, 0.1) is 29.2 Å². The maximum Gasteiger partial charge on any atom is 0.412 e. The Morgan fingerprint density at radius 2 is 1.56 bits per heavy atom. The number of aliphatic hydroxyl groups is 2. The average molecular weight is 999 g/mol. The molecule has 2 amide bonds. The molecule has 6 unspecified atom stereocenters. The van der Waals surface area contributed by atoms with Crippen LogP contribution in [0.2, 0.25) is 0 Å². The number of benzene rings is 3. The lowest BCUT2D eigenvalue weighted by atomic mass is 9.55. The van der Waals surface area contributed by atoms with Crippen molar-refractivity contribution in [3.63, 3.8) is 0 Å². The Morgan fingerprint density at radius 1 is 0.887 bits per heavy atom. The Kier molecular flexibility index (Phi) is 21.5. The summed E-state index contributed by atoms with van der Waals surface area (Å²) in [5.74, 6) is -2.30. The lowest BCUT2D eigenvalue weighted by Gasteiger charge is -2.59. The summed E-state index contributed by atoms with van der Waals surface area (Å²) in [6.07, 6.45) is 19.4. The van der Waals surface area contributed by atoms with Gasteiger partial charge >= 0.3 is 6.09 Å². The van der Waals surface area contributed by atoms with Crippen LogP contribution in [0.25, 0.3) is 0 Å². The van der Waals surface area contributed by atoms with E-state index in [0.29, 0.717) is 55.1 Å². The van der Waals surface area contributed by atoms with Gasteiger partial charge in [-0.2, -0.15) is 4.31 Å². The molecule has 1 aliphatic heterocycles. The molecule has 1 heterocycles. The van der Waals surface area contributed by atoms with E-state index in [1.54, 1.807) is 30.3 Å². The van der Waals surface area contributed by atoms with Gasteiger partial charge in [0, 0.05) is 57.3 Å². The van der Waals surface area contributed by atoms with E-state index in [-0.39, 0.29) is 55.5 Å². The van der Waals surface area contributed by atoms with Crippen LogP contribution in [0.4, 0.5) is 10.5 Å². The first-order valence-electron chi connectivity index (χ1n) is 26.0. The minimum absolute atomic E-state index is 0.00333. The van der Waals surface area contributed by atoms with Gasteiger partial charge in [-0.3, -0.25) is 4.79 Å². The maximum absolute atomic E-state index is 15.0. The van der Waals surface area contributed by atoms with E-state index >= 15 is 0 Å². The van der Waals surface area contributed by atoms with E-state index in [4.69, 9.17) is 24.2 Å². The molecular formula is C56H78N4O10S. The quantitative estimate of drug-likeness (QED) is 0.0285. The average Bonchev–Trinajstić information content (AvgIpc) is 3.36. The molecule has 6 atom stereocenters. The zero-order chi connectivity index (χ0) is 50.6. The van der Waals surface area contributed by atoms with Crippen molar-refractivity contribution in [1.82, 2.24) is 9.62 Å². The molecule has 3 aromatic rings. The van der Waals surface area contributed by atoms with Gasteiger partial charge in [-0.05, 0) is 97.5 Å². The molecule has 3 aliphatic rings. The van der Waals surface area contributed by atoms with Crippen molar-refractivity contribution in [2.45, 2.75) is 152 Å². The third-order valence-corrected chi connectivity index (χ3v) is 16.1. The second-order valence-corrected chi connectivity index (χ2v) is 21.3. The summed E-state index contributed by atoms with van der Waals surface area (Å²) >= 11 is 0. The van der Waals surface area contributed by atoms with E-state index in [9.17, 15) is 28.2 Å². The molecule has 2 aliphatic carbocycles. The van der Waals surface area contributed by atoms with Crippen molar-refractivity contribution >= 4 is 33.4 Å². The number of rotatable bonds is 30. The SMILES string of the molecule is C=CCOC12Oc3ccc(OC(=O)NCCCCCCCCCCCC)cc3C3C(CCCCO)C(CCCCO)C=C(C(=NOCc4ccccc4)CC1N(C)S(=O)(=O)c1ccc(NC(C)=O)cc1)C32. The van der Waals surface area contributed by atoms with Crippen molar-refractivity contribution in [3.8, 4) is 11.5 Å². The molecule has 3 aromatic carbocycles. The van der Waals surface area contributed by atoms with Crippen LogP contribution in [0.15, 0.2) is 107 Å². The number of hydrogen-bond donors (Lipinski definition) is 4. The molecule has 388 valence electrons. The number of sulfonamides is 1. The van der Waals surface area contributed by atoms with E-state index in [0.717, 1.165) is 48.8 Å². The van der Waals surface area contributed by atoms with Crippen molar-refractivity contribution in [3.05, 3.63) is 108 Å². The van der Waals surface area contributed by atoms with Gasteiger partial charge in [0.25, 0.3) is 0 Å². The van der Waals surface area contributed by atoms with Crippen LogP contribution in [-0.4, -0.2) is 85.9 Å². The van der Waals surface area contributed by atoms with Gasteiger partial charge in [-0.1, -0.05) is 125 Å². The first kappa shape index (κ1) is 55.3. The largest absolute Gasteiger partial charge is 0.460 e. The summed E-state index contributed by atoms with van der Waals surface area (Å²) in [5.41, 5.74) is 3.51. The van der Waals surface area contributed by atoms with Crippen molar-refractivity contribution in [2.24, 2.45) is 22.9 Å². The number of allylic oxidation sites excluding steroid dienone is 1. The van der Waals surface area contributed by atoms with E-state index in [2.05, 4.69) is 30.2 Å². The lowest BCUT2D eigenvalue weighted by Crippen LogP contribution is -2.69. The van der Waals surface area contributed by atoms with Crippen LogP contribution in [-0.2, 0) is 31.0 Å². The van der Waals surface area contributed by atoms with Gasteiger partial charge in [0.2, 0.25) is 21.7 Å². The second-order valence-electron chi connectivity index (χ2n) is 19.3. The topological polar surface area (TPSA) is 185 Å². The fourth-order valence-electron chi connectivity index (χ4n) is 10.7. The van der Waals surface area contributed by atoms with Gasteiger partial charge in [-0.15, -0.1) is 6.58 Å². The number of nitrogens with one attached hydrogen (secondary N) is 2. The van der Waals surface area contributed by atoms with Gasteiger partial charge in [0.1, 0.15) is 18.1 Å². The Bertz CT molecular complexity index is 2340. The first-order chi connectivity index (χ1) is 34.5. The molecule has 0 bridgehead atoms. The zero-order valence-corrected chi connectivity index (χ0v) is 43.0. The zero-order valence-electron chi connectivity index (χ0n) is 42.2. The monoisotopic (exact) mass is 999 g/mol. The van der Waals surface area contributed by atoms with Crippen LogP contribution < -0.4 is 20.1 Å². The lowest BCUT2D eigenvalue weighted by molar-refractivity contribution is -0.250. The number of likely N-dealkylation sites (N-methyl/N-ethyl adjacent to an activating group) is 1. The van der Waals surface area contributed by atoms with Gasteiger partial charge in [-0.25, -0.2) is 13.2 Å². The predicted molar refractivity (Wildman–Crippen MR) is 278 cm³/mol. The Hall–Kier alpha value is -5.06. The van der Waals surface area contributed by atoms with Crippen LogP contribution in [0.5, 0.6) is 11.5 Å². The van der Waals surface area contributed by atoms with Crippen molar-refractivity contribution < 1.29 is 47.3 Å². The molecule has 71 heavy (non-hydrogen) atoms. The van der Waals surface area contributed by atoms with Crippen molar-refractivity contribution in [1.29, 1.82) is 0 Å². The number of carbonyl (C=O) groups is 2. The predicted octanol–water partition coefficient (Wildman–Crippen LogP) is 10.8. The second kappa shape index (κ2) is 27.7. The van der Waals surface area contributed by atoms with Crippen LogP contribution in [0, 0.1) is 17.8 Å². The molecule has 14 nitrogen and oxygen atoms in total. The standard InChI is InChI=1S/C56H78N4O10S/c1-5-7-8-9-10-11-12-13-14-20-33-57-55(64)69-45-29-32-51-49(38-45)53-47(26-19-22-35-62)43(25-18-21-34-61)37-48-50(59-68-40-42-23-16-15-17-24-42)39-52(56(70-51,54(48)53)67-36-6-2)60(4)71(65,66)46-30-27-44(28-31-46)58-41(3)63/h6,15-17,23-24,27-32,37-38,43,47,52-54,61-62H,2,5,7-14,18-22,25-26,33-36,39-40H2,1,3-4H3,(H,57,64)(H,58,63). The first-order valence-corrected chi connectivity index (χ1v) is 27.5. The number of aliphatic hydroxyl groups excluding tert-OH is 2. The highest BCUT2D eigenvalue weighted by Gasteiger charge is 2.65. The Morgan fingerprint density at radius 3 is 2.23 bits per heavy atom. The third kappa shape index (κ3) is 14.6. The molecule has 0 spiro atoms. The summed E-state index contributed by atoms with van der Waals surface area (Å²) in [6.45, 7) is 8.39. The summed E-state index contributed by atoms with van der Waals surface area (Å²) in [5, 5.41) is 30.5. The fraction of sp³-hybridized carbons (Fsp3) is 0.554. The number of fused-ring (bicyclic) bond motifs is 2. The molecule has 15 heteroatoms. The number of amides is 2. The van der Waals surface area contributed by atoms with Crippen LogP contribution >= 0.6 is 0 Å². The summed E-state index contributed by atoms with van der Waals surface area (Å²) < 4.78 is 51.4. The molecular weight excluding hydrogens is 921 g/mol. The molecule has 1 fully saturated rings. The maximum atomic E-state index is 15.0. The van der Waals surface area contributed by atoms with E-state index in [1.165, 1.54) is 75.4 Å². The van der Waals surface area contributed by atoms with Gasteiger partial charge in [0.15, 0.2) is 0 Å².